The molecule has 0 saturated heterocycles. The Balaban J connectivity index is 1.87. The van der Waals surface area contributed by atoms with E-state index >= 15 is 0 Å². The highest BCUT2D eigenvalue weighted by Crippen LogP contribution is 2.37. The minimum Gasteiger partial charge on any atom is -0.287 e. The highest BCUT2D eigenvalue weighted by atomic mass is 32.2. The zero-order chi connectivity index (χ0) is 19.0. The van der Waals surface area contributed by atoms with Crippen LogP contribution in [0.3, 0.4) is 0 Å². The number of hydrogen-bond donors (Lipinski definition) is 0. The van der Waals surface area contributed by atoms with Gasteiger partial charge < -0.3 is 0 Å². The molecule has 0 bridgehead atoms. The third-order valence-electron chi connectivity index (χ3n) is 4.32. The van der Waals surface area contributed by atoms with Crippen molar-refractivity contribution < 1.29 is 17.6 Å². The van der Waals surface area contributed by atoms with Crippen molar-refractivity contribution in [3.05, 3.63) is 90.2 Å². The van der Waals surface area contributed by atoms with Crippen LogP contribution in [0.2, 0.25) is 0 Å². The summed E-state index contributed by atoms with van der Waals surface area (Å²) in [4.78, 5) is 14.6. The van der Waals surface area contributed by atoms with Crippen molar-refractivity contribution in [2.75, 3.05) is 9.21 Å². The molecule has 0 aromatic heterocycles. The molecule has 136 valence electrons. The maximum absolute atomic E-state index is 13.3. The van der Waals surface area contributed by atoms with E-state index in [1.165, 1.54) is 23.1 Å². The molecule has 0 fully saturated rings. The summed E-state index contributed by atoms with van der Waals surface area (Å²) >= 11 is 0. The first-order chi connectivity index (χ1) is 13.0. The van der Waals surface area contributed by atoms with E-state index in [-0.39, 0.29) is 17.1 Å². The number of amides is 2. The SMILES string of the molecule is O=C1N(Cc2ccccc2)c2ccccc2S(=O)(=O)N1c1ccc(F)cc1. The molecule has 7 heteroatoms. The average Bonchev–Trinajstić information content (AvgIpc) is 2.67. The van der Waals surface area contributed by atoms with Gasteiger partial charge in [0.1, 0.15) is 10.7 Å². The second-order valence-corrected chi connectivity index (χ2v) is 7.82. The van der Waals surface area contributed by atoms with Crippen LogP contribution < -0.4 is 9.21 Å². The Kier molecular flexibility index (Phi) is 4.16. The minimum absolute atomic E-state index is 0.0323. The number of fused-ring (bicyclic) bond motifs is 1. The fourth-order valence-electron chi connectivity index (χ4n) is 3.06. The van der Waals surface area contributed by atoms with Gasteiger partial charge in [-0.2, -0.15) is 4.31 Å². The highest BCUT2D eigenvalue weighted by Gasteiger charge is 2.42. The third-order valence-corrected chi connectivity index (χ3v) is 6.07. The lowest BCUT2D eigenvalue weighted by Gasteiger charge is -2.36. The summed E-state index contributed by atoms with van der Waals surface area (Å²) in [5, 5.41) is 0. The lowest BCUT2D eigenvalue weighted by atomic mass is 10.2. The normalized spacial score (nSPS) is 15.5. The average molecular weight is 382 g/mol. The van der Waals surface area contributed by atoms with E-state index in [9.17, 15) is 17.6 Å². The maximum atomic E-state index is 13.3. The predicted molar refractivity (Wildman–Crippen MR) is 101 cm³/mol. The Labute approximate surface area is 156 Å². The lowest BCUT2D eigenvalue weighted by molar-refractivity contribution is 0.253. The quantitative estimate of drug-likeness (QED) is 0.683. The fourth-order valence-corrected chi connectivity index (χ4v) is 4.65. The molecule has 0 saturated carbocycles. The van der Waals surface area contributed by atoms with E-state index in [0.29, 0.717) is 5.69 Å². The van der Waals surface area contributed by atoms with Crippen molar-refractivity contribution in [3.8, 4) is 0 Å². The number of nitrogens with zero attached hydrogens (tertiary/aromatic N) is 2. The molecule has 5 nitrogen and oxygen atoms in total. The standard InChI is InChI=1S/C20H15FN2O3S/c21-16-10-12-17(13-11-16)23-20(24)22(14-15-6-2-1-3-7-15)18-8-4-5-9-19(18)27(23,25)26/h1-13H,14H2. The molecule has 1 aliphatic heterocycles. The maximum Gasteiger partial charge on any atom is 0.343 e. The number of urea groups is 1. The Morgan fingerprint density at radius 3 is 2.15 bits per heavy atom. The van der Waals surface area contributed by atoms with Crippen molar-refractivity contribution in [2.24, 2.45) is 0 Å². The van der Waals surface area contributed by atoms with Gasteiger partial charge in [-0.05, 0) is 42.0 Å². The molecule has 1 aliphatic rings. The Morgan fingerprint density at radius 2 is 1.44 bits per heavy atom. The molecule has 27 heavy (non-hydrogen) atoms. The van der Waals surface area contributed by atoms with Gasteiger partial charge >= 0.3 is 6.03 Å². The van der Waals surface area contributed by atoms with Crippen LogP contribution in [0.5, 0.6) is 0 Å². The molecular weight excluding hydrogens is 367 g/mol. The molecule has 3 aromatic carbocycles. The third kappa shape index (κ3) is 2.96. The van der Waals surface area contributed by atoms with Crippen LogP contribution in [-0.4, -0.2) is 14.4 Å². The smallest absolute Gasteiger partial charge is 0.287 e. The molecule has 0 atom stereocenters. The van der Waals surface area contributed by atoms with Crippen molar-refractivity contribution in [1.82, 2.24) is 0 Å². The summed E-state index contributed by atoms with van der Waals surface area (Å²) in [6, 6.07) is 19.8. The van der Waals surface area contributed by atoms with Gasteiger partial charge in [0.25, 0.3) is 10.0 Å². The zero-order valence-electron chi connectivity index (χ0n) is 14.1. The number of sulfonamides is 1. The van der Waals surface area contributed by atoms with Gasteiger partial charge in [0.2, 0.25) is 0 Å². The Hall–Kier alpha value is -3.19. The molecule has 0 unspecified atom stereocenters. The number of halogens is 1. The number of carbonyl (C=O) groups is 1. The predicted octanol–water partition coefficient (Wildman–Crippen LogP) is 4.16. The first-order valence-electron chi connectivity index (χ1n) is 8.24. The Morgan fingerprint density at radius 1 is 0.815 bits per heavy atom. The van der Waals surface area contributed by atoms with Gasteiger partial charge in [0, 0.05) is 0 Å². The van der Waals surface area contributed by atoms with Crippen LogP contribution in [0.1, 0.15) is 5.56 Å². The molecule has 0 radical (unpaired) electrons. The number of para-hydroxylation sites is 1. The summed E-state index contributed by atoms with van der Waals surface area (Å²) in [6.45, 7) is 0.212. The van der Waals surface area contributed by atoms with E-state index in [0.717, 1.165) is 22.0 Å². The first-order valence-corrected chi connectivity index (χ1v) is 9.68. The van der Waals surface area contributed by atoms with Crippen molar-refractivity contribution in [2.45, 2.75) is 11.4 Å². The van der Waals surface area contributed by atoms with E-state index < -0.39 is 21.9 Å². The van der Waals surface area contributed by atoms with Gasteiger partial charge in [-0.15, -0.1) is 0 Å². The van der Waals surface area contributed by atoms with Crippen LogP contribution in [0.25, 0.3) is 0 Å². The van der Waals surface area contributed by atoms with E-state index in [4.69, 9.17) is 0 Å². The molecule has 1 heterocycles. The van der Waals surface area contributed by atoms with Crippen LogP contribution in [0.4, 0.5) is 20.6 Å². The van der Waals surface area contributed by atoms with Crippen LogP contribution in [0.15, 0.2) is 83.8 Å². The van der Waals surface area contributed by atoms with E-state index in [2.05, 4.69) is 0 Å². The molecular formula is C20H15FN2O3S. The zero-order valence-corrected chi connectivity index (χ0v) is 14.9. The Bertz CT molecular complexity index is 1100. The number of carbonyl (C=O) groups excluding carboxylic acids is 1. The van der Waals surface area contributed by atoms with Gasteiger partial charge in [-0.1, -0.05) is 42.5 Å². The number of hydrogen-bond acceptors (Lipinski definition) is 3. The first kappa shape index (κ1) is 17.2. The van der Waals surface area contributed by atoms with E-state index in [1.807, 2.05) is 30.3 Å². The largest absolute Gasteiger partial charge is 0.343 e. The molecule has 4 rings (SSSR count). The number of rotatable bonds is 3. The molecule has 2 amide bonds. The van der Waals surface area contributed by atoms with Crippen molar-refractivity contribution in [3.63, 3.8) is 0 Å². The fraction of sp³-hybridized carbons (Fsp3) is 0.0500. The van der Waals surface area contributed by atoms with Gasteiger partial charge in [-0.25, -0.2) is 17.6 Å². The second-order valence-electron chi connectivity index (χ2n) is 6.07. The van der Waals surface area contributed by atoms with Gasteiger partial charge in [-0.3, -0.25) is 4.90 Å². The summed E-state index contributed by atoms with van der Waals surface area (Å²) in [7, 11) is -4.10. The van der Waals surface area contributed by atoms with Crippen molar-refractivity contribution in [1.29, 1.82) is 0 Å². The van der Waals surface area contributed by atoms with Crippen LogP contribution >= 0.6 is 0 Å². The summed E-state index contributed by atoms with van der Waals surface area (Å²) < 4.78 is 40.2. The van der Waals surface area contributed by atoms with Gasteiger partial charge in [0.15, 0.2) is 0 Å². The minimum atomic E-state index is -4.10. The summed E-state index contributed by atoms with van der Waals surface area (Å²) in [5.41, 5.74) is 1.28. The molecule has 0 spiro atoms. The molecule has 3 aromatic rings. The van der Waals surface area contributed by atoms with Crippen LogP contribution in [-0.2, 0) is 16.6 Å². The van der Waals surface area contributed by atoms with E-state index in [1.54, 1.807) is 18.2 Å². The lowest BCUT2D eigenvalue weighted by Crippen LogP contribution is -2.50. The molecule has 0 aliphatic carbocycles. The summed E-state index contributed by atoms with van der Waals surface area (Å²) in [5.74, 6) is -0.512. The summed E-state index contributed by atoms with van der Waals surface area (Å²) in [6.07, 6.45) is 0. The topological polar surface area (TPSA) is 57.7 Å². The van der Waals surface area contributed by atoms with Crippen LogP contribution in [0, 0.1) is 5.82 Å². The number of anilines is 2. The highest BCUT2D eigenvalue weighted by molar-refractivity contribution is 7.94. The molecule has 0 N–H and O–H groups in total. The van der Waals surface area contributed by atoms with Crippen molar-refractivity contribution >= 4 is 27.4 Å². The van der Waals surface area contributed by atoms with Gasteiger partial charge in [0.05, 0.1) is 17.9 Å². The second kappa shape index (κ2) is 6.51. The number of benzene rings is 3. The monoisotopic (exact) mass is 382 g/mol.